The highest BCUT2D eigenvalue weighted by Crippen LogP contribution is 2.47. The average molecular weight is 435 g/mol. The van der Waals surface area contributed by atoms with Crippen LogP contribution in [-0.4, -0.2) is 48.5 Å². The first-order valence-corrected chi connectivity index (χ1v) is 11.3. The van der Waals surface area contributed by atoms with Crippen LogP contribution in [-0.2, 0) is 25.6 Å². The Morgan fingerprint density at radius 2 is 2.04 bits per heavy atom. The van der Waals surface area contributed by atoms with E-state index in [1.165, 1.54) is 10.9 Å². The number of hydrogen-bond donors (Lipinski definition) is 4. The van der Waals surface area contributed by atoms with Gasteiger partial charge in [-0.3, -0.25) is 18.9 Å². The minimum absolute atomic E-state index is 0.0491. The second kappa shape index (κ2) is 9.40. The summed E-state index contributed by atoms with van der Waals surface area (Å²) in [6.45, 7) is 3.29. The van der Waals surface area contributed by atoms with E-state index < -0.39 is 31.4 Å². The van der Waals surface area contributed by atoms with E-state index in [9.17, 15) is 14.8 Å². The van der Waals surface area contributed by atoms with Crippen LogP contribution in [0.2, 0.25) is 0 Å². The third kappa shape index (κ3) is 6.05. The Hall–Kier alpha value is -1.40. The maximum Gasteiger partial charge on any atom is 0.327 e. The van der Waals surface area contributed by atoms with Crippen molar-refractivity contribution in [1.82, 2.24) is 19.5 Å². The number of fused-ring (bicyclic) bond motifs is 1. The van der Waals surface area contributed by atoms with Gasteiger partial charge in [-0.1, -0.05) is 13.8 Å². The minimum Gasteiger partial charge on any atom is -0.392 e. The number of H-pyrrole nitrogens is 1. The third-order valence-electron chi connectivity index (χ3n) is 3.48. The van der Waals surface area contributed by atoms with Crippen molar-refractivity contribution >= 4 is 35.6 Å². The molecule has 0 fully saturated rings. The lowest BCUT2D eigenvalue weighted by Gasteiger charge is -2.29. The highest BCUT2D eigenvalue weighted by Gasteiger charge is 2.28. The number of aromatic amines is 1. The van der Waals surface area contributed by atoms with E-state index in [2.05, 4.69) is 15.0 Å². The summed E-state index contributed by atoms with van der Waals surface area (Å²) < 4.78 is 18.0. The van der Waals surface area contributed by atoms with Crippen LogP contribution in [0.3, 0.4) is 0 Å². The number of aliphatic hydroxyl groups excluding tert-OH is 1. The SMILES string of the molecule is CC(C)C[C@@H](OC(CO)n1cnc2c(=O)[nH]c(N)nc21)OP(O)(=S)OC(C)C. The molecule has 2 heterocycles. The van der Waals surface area contributed by atoms with Crippen molar-refractivity contribution in [2.45, 2.75) is 52.7 Å². The van der Waals surface area contributed by atoms with Gasteiger partial charge in [-0.2, -0.15) is 4.98 Å². The van der Waals surface area contributed by atoms with E-state index in [-0.39, 0.29) is 29.1 Å². The zero-order valence-electron chi connectivity index (χ0n) is 16.1. The maximum absolute atomic E-state index is 11.9. The van der Waals surface area contributed by atoms with Crippen molar-refractivity contribution in [3.05, 3.63) is 16.7 Å². The Labute approximate surface area is 167 Å². The molecule has 0 amide bonds. The number of nitrogens with zero attached hydrogens (tertiary/aromatic N) is 3. The highest BCUT2D eigenvalue weighted by atomic mass is 32.5. The van der Waals surface area contributed by atoms with Gasteiger partial charge in [-0.25, -0.2) is 4.98 Å². The number of nitrogens with one attached hydrogen (secondary N) is 1. The third-order valence-corrected chi connectivity index (χ3v) is 5.19. The molecule has 13 heteroatoms. The molecular formula is C15H26N5O6PS. The molecule has 0 aliphatic carbocycles. The van der Waals surface area contributed by atoms with Crippen LogP contribution >= 0.6 is 6.72 Å². The molecule has 0 aliphatic heterocycles. The fourth-order valence-corrected chi connectivity index (χ4v) is 4.29. The lowest BCUT2D eigenvalue weighted by molar-refractivity contribution is -0.169. The van der Waals surface area contributed by atoms with Crippen LogP contribution in [0.4, 0.5) is 5.95 Å². The molecule has 0 saturated heterocycles. The van der Waals surface area contributed by atoms with Gasteiger partial charge in [0.2, 0.25) is 5.95 Å². The molecule has 2 unspecified atom stereocenters. The van der Waals surface area contributed by atoms with Crippen LogP contribution < -0.4 is 11.3 Å². The van der Waals surface area contributed by atoms with E-state index in [1.807, 2.05) is 13.8 Å². The molecular weight excluding hydrogens is 409 g/mol. The van der Waals surface area contributed by atoms with Crippen molar-refractivity contribution in [2.75, 3.05) is 12.3 Å². The normalized spacial score (nSPS) is 16.6. The van der Waals surface area contributed by atoms with E-state index in [0.29, 0.717) is 6.42 Å². The Morgan fingerprint density at radius 3 is 2.61 bits per heavy atom. The standard InChI is InChI=1S/C15H26N5O6PS/c1-8(2)5-11(26-27(23,28)25-9(3)4)24-10(6-21)20-7-17-12-13(20)18-15(16)19-14(12)22/h7-11,21H,5-6H2,1-4H3,(H,23,28)(H3,16,18,19,22)/t10?,11-,27?/m0/s1. The number of rotatable bonds is 10. The first kappa shape index (κ1) is 22.9. The number of anilines is 1. The fraction of sp³-hybridized carbons (Fsp3) is 0.667. The summed E-state index contributed by atoms with van der Waals surface area (Å²) >= 11 is 5.04. The monoisotopic (exact) mass is 435 g/mol. The number of ether oxygens (including phenoxy) is 1. The molecule has 2 aromatic heterocycles. The summed E-state index contributed by atoms with van der Waals surface area (Å²) in [6.07, 6.45) is -0.625. The number of nitrogen functional groups attached to an aromatic ring is 1. The van der Waals surface area contributed by atoms with Gasteiger partial charge < -0.3 is 25.0 Å². The van der Waals surface area contributed by atoms with Crippen LogP contribution in [0.5, 0.6) is 0 Å². The van der Waals surface area contributed by atoms with E-state index in [0.717, 1.165) is 0 Å². The number of aromatic nitrogens is 4. The van der Waals surface area contributed by atoms with Gasteiger partial charge in [0.05, 0.1) is 19.0 Å². The van der Waals surface area contributed by atoms with Gasteiger partial charge in [0.1, 0.15) is 0 Å². The number of nitrogens with two attached hydrogens (primary N) is 1. The quantitative estimate of drug-likeness (QED) is 0.316. The van der Waals surface area contributed by atoms with Crippen molar-refractivity contribution in [3.8, 4) is 0 Å². The molecule has 0 aromatic carbocycles. The van der Waals surface area contributed by atoms with Crippen LogP contribution in [0.25, 0.3) is 11.2 Å². The topological polar surface area (TPSA) is 158 Å². The minimum atomic E-state index is -3.56. The number of hydrogen-bond acceptors (Lipinski definition) is 9. The van der Waals surface area contributed by atoms with Gasteiger partial charge >= 0.3 is 6.72 Å². The molecule has 0 spiro atoms. The predicted molar refractivity (Wildman–Crippen MR) is 107 cm³/mol. The molecule has 11 nitrogen and oxygen atoms in total. The Kier molecular flexibility index (Phi) is 7.68. The second-order valence-electron chi connectivity index (χ2n) is 6.84. The van der Waals surface area contributed by atoms with Gasteiger partial charge in [-0.15, -0.1) is 0 Å². The van der Waals surface area contributed by atoms with Crippen LogP contribution in [0.1, 0.15) is 40.3 Å². The van der Waals surface area contributed by atoms with Gasteiger partial charge in [0.15, 0.2) is 23.7 Å². The molecule has 28 heavy (non-hydrogen) atoms. The van der Waals surface area contributed by atoms with Gasteiger partial charge in [0.25, 0.3) is 5.56 Å². The molecule has 0 saturated carbocycles. The Balaban J connectivity index is 2.31. The fourth-order valence-electron chi connectivity index (χ4n) is 2.47. The Morgan fingerprint density at radius 1 is 1.36 bits per heavy atom. The summed E-state index contributed by atoms with van der Waals surface area (Å²) in [7, 11) is 0. The van der Waals surface area contributed by atoms with Gasteiger partial charge in [0, 0.05) is 6.42 Å². The first-order chi connectivity index (χ1) is 13.0. The van der Waals surface area contributed by atoms with Crippen LogP contribution in [0, 0.1) is 5.92 Å². The maximum atomic E-state index is 11.9. The van der Waals surface area contributed by atoms with Crippen molar-refractivity contribution in [1.29, 1.82) is 0 Å². The van der Waals surface area contributed by atoms with E-state index in [1.54, 1.807) is 13.8 Å². The molecule has 0 bridgehead atoms. The molecule has 2 aromatic rings. The lowest BCUT2D eigenvalue weighted by Crippen LogP contribution is -2.27. The predicted octanol–water partition coefficient (Wildman–Crippen LogP) is 1.24. The first-order valence-electron chi connectivity index (χ1n) is 8.70. The molecule has 5 N–H and O–H groups in total. The summed E-state index contributed by atoms with van der Waals surface area (Å²) in [6, 6.07) is 0. The average Bonchev–Trinajstić information content (AvgIpc) is 2.94. The van der Waals surface area contributed by atoms with E-state index in [4.69, 9.17) is 31.3 Å². The smallest absolute Gasteiger partial charge is 0.327 e. The summed E-state index contributed by atoms with van der Waals surface area (Å²) in [5.74, 6) is 0.0386. The zero-order chi connectivity index (χ0) is 21.1. The van der Waals surface area contributed by atoms with Crippen molar-refractivity contribution in [2.24, 2.45) is 5.92 Å². The lowest BCUT2D eigenvalue weighted by atomic mass is 10.1. The summed E-state index contributed by atoms with van der Waals surface area (Å²) in [5.41, 5.74) is 5.28. The van der Waals surface area contributed by atoms with Gasteiger partial charge in [-0.05, 0) is 31.6 Å². The van der Waals surface area contributed by atoms with Crippen LogP contribution in [0.15, 0.2) is 11.1 Å². The van der Waals surface area contributed by atoms with Crippen molar-refractivity contribution < 1.29 is 23.8 Å². The van der Waals surface area contributed by atoms with E-state index >= 15 is 0 Å². The molecule has 2 rings (SSSR count). The second-order valence-corrected chi connectivity index (χ2v) is 9.58. The largest absolute Gasteiger partial charge is 0.392 e. The molecule has 0 aliphatic rings. The molecule has 3 atom stereocenters. The Bertz CT molecular complexity index is 901. The molecule has 0 radical (unpaired) electrons. The summed E-state index contributed by atoms with van der Waals surface area (Å²) in [4.78, 5) is 32.6. The number of imidazole rings is 1. The van der Waals surface area contributed by atoms with Crippen molar-refractivity contribution in [3.63, 3.8) is 0 Å². The highest BCUT2D eigenvalue weighted by molar-refractivity contribution is 8.07. The molecule has 158 valence electrons. The zero-order valence-corrected chi connectivity index (χ0v) is 17.8. The summed E-state index contributed by atoms with van der Waals surface area (Å²) in [5, 5.41) is 9.84. The number of aliphatic hydroxyl groups is 1.